The van der Waals surface area contributed by atoms with Crippen LogP contribution in [0.15, 0.2) is 29.2 Å². The van der Waals surface area contributed by atoms with Crippen LogP contribution in [0.25, 0.3) is 0 Å². The normalized spacial score (nSPS) is 24.1. The molecule has 4 N–H and O–H groups in total. The van der Waals surface area contributed by atoms with Gasteiger partial charge in [0.05, 0.1) is 5.00 Å². The third kappa shape index (κ3) is 1.92. The maximum Gasteiger partial charge on any atom is 0.106 e. The molecule has 104 valence electrons. The van der Waals surface area contributed by atoms with Crippen molar-refractivity contribution < 1.29 is 0 Å². The minimum absolute atomic E-state index is 0.262. The molecule has 20 heavy (non-hydrogen) atoms. The Morgan fingerprint density at radius 1 is 1.30 bits per heavy atom. The zero-order valence-electron chi connectivity index (χ0n) is 11.3. The van der Waals surface area contributed by atoms with E-state index in [0.717, 1.165) is 18.0 Å². The Bertz CT molecular complexity index is 640. The van der Waals surface area contributed by atoms with Crippen LogP contribution in [0.3, 0.4) is 0 Å². The first-order valence-electron chi connectivity index (χ1n) is 6.88. The molecule has 0 saturated heterocycles. The quantitative estimate of drug-likeness (QED) is 0.753. The summed E-state index contributed by atoms with van der Waals surface area (Å²) in [6.07, 6.45) is 1.08. The number of hydrogen-bond acceptors (Lipinski definition) is 5. The van der Waals surface area contributed by atoms with Crippen LogP contribution in [-0.4, -0.2) is 6.04 Å². The van der Waals surface area contributed by atoms with Crippen molar-refractivity contribution in [2.45, 2.75) is 36.2 Å². The van der Waals surface area contributed by atoms with Crippen molar-refractivity contribution in [3.05, 3.63) is 40.3 Å². The van der Waals surface area contributed by atoms with E-state index in [1.165, 1.54) is 26.6 Å². The number of anilines is 2. The van der Waals surface area contributed by atoms with Crippen molar-refractivity contribution in [1.82, 2.24) is 5.32 Å². The zero-order valence-corrected chi connectivity index (χ0v) is 12.9. The average molecular weight is 303 g/mol. The molecule has 0 amide bonds. The van der Waals surface area contributed by atoms with E-state index in [0.29, 0.717) is 6.04 Å². The summed E-state index contributed by atoms with van der Waals surface area (Å²) < 4.78 is 0. The molecule has 1 aromatic carbocycles. The molecule has 0 bridgehead atoms. The summed E-state index contributed by atoms with van der Waals surface area (Å²) in [7, 11) is 0. The van der Waals surface area contributed by atoms with Gasteiger partial charge in [-0.2, -0.15) is 0 Å². The number of benzene rings is 1. The molecular formula is C15H17N3S2. The predicted molar refractivity (Wildman–Crippen MR) is 87.4 cm³/mol. The van der Waals surface area contributed by atoms with Gasteiger partial charge in [-0.05, 0) is 31.0 Å². The van der Waals surface area contributed by atoms with E-state index in [1.54, 1.807) is 11.3 Å². The van der Waals surface area contributed by atoms with Gasteiger partial charge in [0, 0.05) is 33.6 Å². The Balaban J connectivity index is 1.72. The number of thiophene rings is 1. The van der Waals surface area contributed by atoms with Gasteiger partial charge in [-0.25, -0.2) is 0 Å². The summed E-state index contributed by atoms with van der Waals surface area (Å²) in [6.45, 7) is 3.19. The zero-order chi connectivity index (χ0) is 13.7. The molecule has 3 heterocycles. The summed E-state index contributed by atoms with van der Waals surface area (Å²) in [5, 5.41) is 8.36. The van der Waals surface area contributed by atoms with Gasteiger partial charge in [0.15, 0.2) is 0 Å². The highest BCUT2D eigenvalue weighted by atomic mass is 32.2. The van der Waals surface area contributed by atoms with Crippen LogP contribution >= 0.6 is 23.1 Å². The van der Waals surface area contributed by atoms with Crippen LogP contribution in [0, 0.1) is 0 Å². The summed E-state index contributed by atoms with van der Waals surface area (Å²) in [5.41, 5.74) is 10.3. The summed E-state index contributed by atoms with van der Waals surface area (Å²) in [6, 6.07) is 9.01. The highest BCUT2D eigenvalue weighted by Crippen LogP contribution is 2.51. The van der Waals surface area contributed by atoms with Gasteiger partial charge in [-0.15, -0.1) is 11.3 Å². The maximum absolute atomic E-state index is 6.32. The number of fused-ring (bicyclic) bond motifs is 2. The fraction of sp³-hybridized carbons (Fsp3) is 0.333. The fourth-order valence-electron chi connectivity index (χ4n) is 2.96. The Morgan fingerprint density at radius 2 is 2.15 bits per heavy atom. The number of nitrogens with two attached hydrogens (primary N) is 1. The van der Waals surface area contributed by atoms with E-state index >= 15 is 0 Å². The molecule has 2 unspecified atom stereocenters. The Hall–Kier alpha value is -1.17. The lowest BCUT2D eigenvalue weighted by Crippen LogP contribution is -2.32. The van der Waals surface area contributed by atoms with Gasteiger partial charge in [0.2, 0.25) is 0 Å². The first-order valence-corrected chi connectivity index (χ1v) is 8.57. The summed E-state index contributed by atoms with van der Waals surface area (Å²) in [4.78, 5) is 2.73. The summed E-state index contributed by atoms with van der Waals surface area (Å²) >= 11 is 3.62. The average Bonchev–Trinajstić information content (AvgIpc) is 2.97. The lowest BCUT2D eigenvalue weighted by Gasteiger charge is -2.22. The standard InChI is InChI=1S/C15H17N3S2/c1-8-6-9-12(7-17-8)19-14(16)13(9)15-18-10-4-2-3-5-11(10)20-15/h2-5,8,15,17-18H,6-7,16H2,1H3. The first kappa shape index (κ1) is 12.6. The Morgan fingerprint density at radius 3 is 3.00 bits per heavy atom. The van der Waals surface area contributed by atoms with Crippen LogP contribution in [0.2, 0.25) is 0 Å². The molecule has 2 aromatic rings. The topological polar surface area (TPSA) is 50.1 Å². The molecule has 5 heteroatoms. The number of hydrogen-bond donors (Lipinski definition) is 3. The van der Waals surface area contributed by atoms with Crippen LogP contribution < -0.4 is 16.4 Å². The number of thioether (sulfide) groups is 1. The molecule has 0 radical (unpaired) electrons. The first-order chi connectivity index (χ1) is 9.72. The molecule has 0 aliphatic carbocycles. The number of para-hydroxylation sites is 1. The predicted octanol–water partition coefficient (Wildman–Crippen LogP) is 3.58. The second-order valence-electron chi connectivity index (χ2n) is 5.41. The lowest BCUT2D eigenvalue weighted by molar-refractivity contribution is 0.518. The number of nitrogen functional groups attached to an aromatic ring is 1. The molecular weight excluding hydrogens is 286 g/mol. The largest absolute Gasteiger partial charge is 0.390 e. The van der Waals surface area contributed by atoms with Gasteiger partial charge in [-0.1, -0.05) is 23.9 Å². The second-order valence-corrected chi connectivity index (χ2v) is 7.69. The van der Waals surface area contributed by atoms with Crippen LogP contribution in [0.1, 0.15) is 28.3 Å². The molecule has 1 aromatic heterocycles. The van der Waals surface area contributed by atoms with Crippen molar-refractivity contribution >= 4 is 33.8 Å². The molecule has 2 atom stereocenters. The smallest absolute Gasteiger partial charge is 0.106 e. The SMILES string of the molecule is CC1Cc2c(sc(N)c2C2Nc3ccccc3S2)CN1. The minimum atomic E-state index is 0.262. The molecule has 0 fully saturated rings. The van der Waals surface area contributed by atoms with E-state index in [4.69, 9.17) is 5.73 Å². The molecule has 2 aliphatic rings. The highest BCUT2D eigenvalue weighted by molar-refractivity contribution is 8.00. The van der Waals surface area contributed by atoms with Gasteiger partial charge >= 0.3 is 0 Å². The maximum atomic E-state index is 6.32. The van der Waals surface area contributed by atoms with Gasteiger partial charge in [0.1, 0.15) is 5.37 Å². The van der Waals surface area contributed by atoms with Gasteiger partial charge < -0.3 is 16.4 Å². The highest BCUT2D eigenvalue weighted by Gasteiger charge is 2.31. The molecule has 0 spiro atoms. The van der Waals surface area contributed by atoms with E-state index in [1.807, 2.05) is 11.8 Å². The van der Waals surface area contributed by atoms with E-state index < -0.39 is 0 Å². The Labute approximate surface area is 127 Å². The van der Waals surface area contributed by atoms with Gasteiger partial charge in [0.25, 0.3) is 0 Å². The van der Waals surface area contributed by atoms with Crippen molar-refractivity contribution in [1.29, 1.82) is 0 Å². The molecule has 4 rings (SSSR count). The monoisotopic (exact) mass is 303 g/mol. The van der Waals surface area contributed by atoms with E-state index in [9.17, 15) is 0 Å². The third-order valence-corrected chi connectivity index (χ3v) is 6.24. The van der Waals surface area contributed by atoms with Crippen molar-refractivity contribution in [3.63, 3.8) is 0 Å². The Kier molecular flexibility index (Phi) is 2.94. The second kappa shape index (κ2) is 4.69. The lowest BCUT2D eigenvalue weighted by atomic mass is 9.99. The molecule has 3 nitrogen and oxygen atoms in total. The molecule has 2 aliphatic heterocycles. The van der Waals surface area contributed by atoms with Crippen molar-refractivity contribution in [2.24, 2.45) is 0 Å². The summed E-state index contributed by atoms with van der Waals surface area (Å²) in [5.74, 6) is 0. The minimum Gasteiger partial charge on any atom is -0.390 e. The van der Waals surface area contributed by atoms with Crippen LogP contribution in [-0.2, 0) is 13.0 Å². The van der Waals surface area contributed by atoms with E-state index in [2.05, 4.69) is 41.8 Å². The van der Waals surface area contributed by atoms with Gasteiger partial charge in [-0.3, -0.25) is 0 Å². The van der Waals surface area contributed by atoms with Crippen LogP contribution in [0.5, 0.6) is 0 Å². The van der Waals surface area contributed by atoms with Crippen LogP contribution in [0.4, 0.5) is 10.7 Å². The van der Waals surface area contributed by atoms with Crippen molar-refractivity contribution in [2.75, 3.05) is 11.1 Å². The number of nitrogens with one attached hydrogen (secondary N) is 2. The number of rotatable bonds is 1. The molecule has 0 saturated carbocycles. The third-order valence-electron chi connectivity index (χ3n) is 3.96. The van der Waals surface area contributed by atoms with Crippen molar-refractivity contribution in [3.8, 4) is 0 Å². The van der Waals surface area contributed by atoms with E-state index in [-0.39, 0.29) is 5.37 Å². The fourth-order valence-corrected chi connectivity index (χ4v) is 5.37.